The van der Waals surface area contributed by atoms with Gasteiger partial charge in [-0.05, 0) is 36.6 Å². The van der Waals surface area contributed by atoms with Gasteiger partial charge in [-0.2, -0.15) is 0 Å². The summed E-state index contributed by atoms with van der Waals surface area (Å²) < 4.78 is 13.8. The smallest absolute Gasteiger partial charge is 0.164 e. The molecule has 106 valence electrons. The molecular formula is C17H19ClFN. The maximum absolute atomic E-state index is 13.8. The second kappa shape index (κ2) is 6.76. The highest BCUT2D eigenvalue weighted by Crippen LogP contribution is 2.26. The van der Waals surface area contributed by atoms with E-state index < -0.39 is 5.82 Å². The van der Waals surface area contributed by atoms with Gasteiger partial charge < -0.3 is 5.32 Å². The fraction of sp³-hybridized carbons (Fsp3) is 0.294. The van der Waals surface area contributed by atoms with E-state index in [2.05, 4.69) is 36.5 Å². The van der Waals surface area contributed by atoms with Gasteiger partial charge in [-0.25, -0.2) is 4.39 Å². The average molecular weight is 292 g/mol. The number of aryl methyl sites for hydroxylation is 1. The summed E-state index contributed by atoms with van der Waals surface area (Å²) in [6.07, 6.45) is 2.23. The van der Waals surface area contributed by atoms with E-state index in [0.29, 0.717) is 5.69 Å². The molecule has 0 saturated carbocycles. The number of benzene rings is 2. The van der Waals surface area contributed by atoms with Crippen LogP contribution in [0.3, 0.4) is 0 Å². The lowest BCUT2D eigenvalue weighted by molar-refractivity contribution is 0.628. The van der Waals surface area contributed by atoms with Crippen LogP contribution in [-0.2, 0) is 6.42 Å². The lowest BCUT2D eigenvalue weighted by atomic mass is 10.0. The molecule has 1 unspecified atom stereocenters. The van der Waals surface area contributed by atoms with Gasteiger partial charge in [0, 0.05) is 6.04 Å². The number of nitrogens with one attached hydrogen (secondary N) is 1. The standard InChI is InChI=1S/C17H19ClFN/c1-3-5-13-8-10-14(11-9-13)12(2)20-16-7-4-6-15(18)17(16)19/h4,6-12,20H,3,5H2,1-2H3. The van der Waals surface area contributed by atoms with Gasteiger partial charge >= 0.3 is 0 Å². The van der Waals surface area contributed by atoms with Crippen LogP contribution in [0.15, 0.2) is 42.5 Å². The lowest BCUT2D eigenvalue weighted by Crippen LogP contribution is -2.08. The van der Waals surface area contributed by atoms with Crippen molar-refractivity contribution < 1.29 is 4.39 Å². The molecule has 20 heavy (non-hydrogen) atoms. The number of anilines is 1. The van der Waals surface area contributed by atoms with Gasteiger partial charge in [0.1, 0.15) is 0 Å². The van der Waals surface area contributed by atoms with E-state index in [1.165, 1.54) is 5.56 Å². The summed E-state index contributed by atoms with van der Waals surface area (Å²) in [5.41, 5.74) is 2.89. The van der Waals surface area contributed by atoms with Crippen LogP contribution < -0.4 is 5.32 Å². The Bertz CT molecular complexity index is 566. The van der Waals surface area contributed by atoms with E-state index in [4.69, 9.17) is 11.6 Å². The van der Waals surface area contributed by atoms with E-state index in [1.807, 2.05) is 6.92 Å². The Kier molecular flexibility index (Phi) is 5.02. The minimum Gasteiger partial charge on any atom is -0.376 e. The van der Waals surface area contributed by atoms with Crippen molar-refractivity contribution in [2.75, 3.05) is 5.32 Å². The molecule has 0 radical (unpaired) electrons. The largest absolute Gasteiger partial charge is 0.376 e. The molecule has 0 heterocycles. The average Bonchev–Trinajstić information content (AvgIpc) is 2.45. The number of hydrogen-bond acceptors (Lipinski definition) is 1. The van der Waals surface area contributed by atoms with Crippen LogP contribution in [0.2, 0.25) is 5.02 Å². The number of halogens is 2. The van der Waals surface area contributed by atoms with Gasteiger partial charge in [-0.15, -0.1) is 0 Å². The van der Waals surface area contributed by atoms with Crippen molar-refractivity contribution in [1.82, 2.24) is 0 Å². The van der Waals surface area contributed by atoms with E-state index in [0.717, 1.165) is 18.4 Å². The van der Waals surface area contributed by atoms with E-state index in [9.17, 15) is 4.39 Å². The molecule has 2 aromatic carbocycles. The molecule has 0 aromatic heterocycles. The van der Waals surface area contributed by atoms with Crippen molar-refractivity contribution in [1.29, 1.82) is 0 Å². The molecule has 1 nitrogen and oxygen atoms in total. The zero-order valence-electron chi connectivity index (χ0n) is 11.8. The van der Waals surface area contributed by atoms with E-state index in [-0.39, 0.29) is 11.1 Å². The van der Waals surface area contributed by atoms with Crippen LogP contribution in [0.4, 0.5) is 10.1 Å². The molecular weight excluding hydrogens is 273 g/mol. The second-order valence-electron chi connectivity index (χ2n) is 4.96. The Morgan fingerprint density at radius 3 is 2.50 bits per heavy atom. The van der Waals surface area contributed by atoms with Crippen molar-refractivity contribution in [3.8, 4) is 0 Å². The van der Waals surface area contributed by atoms with Crippen molar-refractivity contribution in [2.45, 2.75) is 32.7 Å². The molecule has 0 amide bonds. The highest BCUT2D eigenvalue weighted by molar-refractivity contribution is 6.31. The molecule has 0 spiro atoms. The summed E-state index contributed by atoms with van der Waals surface area (Å²) >= 11 is 5.78. The second-order valence-corrected chi connectivity index (χ2v) is 5.37. The van der Waals surface area contributed by atoms with Crippen LogP contribution in [-0.4, -0.2) is 0 Å². The molecule has 3 heteroatoms. The van der Waals surface area contributed by atoms with E-state index >= 15 is 0 Å². The third kappa shape index (κ3) is 3.51. The normalized spacial score (nSPS) is 12.2. The van der Waals surface area contributed by atoms with Crippen LogP contribution in [0.1, 0.15) is 37.4 Å². The van der Waals surface area contributed by atoms with Crippen LogP contribution >= 0.6 is 11.6 Å². The van der Waals surface area contributed by atoms with E-state index in [1.54, 1.807) is 18.2 Å². The number of hydrogen-bond donors (Lipinski definition) is 1. The summed E-state index contributed by atoms with van der Waals surface area (Å²) in [6.45, 7) is 4.18. The molecule has 0 fully saturated rings. The predicted octanol–water partition coefficient (Wildman–Crippen LogP) is 5.60. The maximum Gasteiger partial charge on any atom is 0.164 e. The first-order valence-electron chi connectivity index (χ1n) is 6.91. The van der Waals surface area contributed by atoms with Gasteiger partial charge in [0.25, 0.3) is 0 Å². The summed E-state index contributed by atoms with van der Waals surface area (Å²) in [7, 11) is 0. The lowest BCUT2D eigenvalue weighted by Gasteiger charge is -2.17. The Labute approximate surface area is 124 Å². The van der Waals surface area contributed by atoms with Gasteiger partial charge in [-0.3, -0.25) is 0 Å². The molecule has 0 bridgehead atoms. The fourth-order valence-corrected chi connectivity index (χ4v) is 2.37. The Balaban J connectivity index is 2.11. The molecule has 1 N–H and O–H groups in total. The van der Waals surface area contributed by atoms with Gasteiger partial charge in [-0.1, -0.05) is 55.3 Å². The Hall–Kier alpha value is -1.54. The SMILES string of the molecule is CCCc1ccc(C(C)Nc2cccc(Cl)c2F)cc1. The zero-order valence-corrected chi connectivity index (χ0v) is 12.5. The first-order chi connectivity index (χ1) is 9.61. The predicted molar refractivity (Wildman–Crippen MR) is 83.9 cm³/mol. The molecule has 0 saturated heterocycles. The number of rotatable bonds is 5. The molecule has 0 aliphatic heterocycles. The summed E-state index contributed by atoms with van der Waals surface area (Å²) in [4.78, 5) is 0. The summed E-state index contributed by atoms with van der Waals surface area (Å²) in [6, 6.07) is 13.5. The third-order valence-electron chi connectivity index (χ3n) is 3.34. The van der Waals surface area contributed by atoms with Gasteiger partial charge in [0.05, 0.1) is 10.7 Å². The van der Waals surface area contributed by atoms with Crippen LogP contribution in [0.25, 0.3) is 0 Å². The minimum atomic E-state index is -0.399. The highest BCUT2D eigenvalue weighted by Gasteiger charge is 2.10. The van der Waals surface area contributed by atoms with Crippen molar-refractivity contribution in [2.24, 2.45) is 0 Å². The van der Waals surface area contributed by atoms with Crippen LogP contribution in [0.5, 0.6) is 0 Å². The minimum absolute atomic E-state index is 0.0265. The Morgan fingerprint density at radius 1 is 1.15 bits per heavy atom. The van der Waals surface area contributed by atoms with Crippen molar-refractivity contribution >= 4 is 17.3 Å². The highest BCUT2D eigenvalue weighted by atomic mass is 35.5. The van der Waals surface area contributed by atoms with Crippen molar-refractivity contribution in [3.05, 3.63) is 64.4 Å². The molecule has 0 aliphatic carbocycles. The first kappa shape index (κ1) is 14.9. The third-order valence-corrected chi connectivity index (χ3v) is 3.63. The zero-order chi connectivity index (χ0) is 14.5. The molecule has 2 aromatic rings. The molecule has 1 atom stereocenters. The first-order valence-corrected chi connectivity index (χ1v) is 7.29. The van der Waals surface area contributed by atoms with Crippen molar-refractivity contribution in [3.63, 3.8) is 0 Å². The molecule has 2 rings (SSSR count). The van der Waals surface area contributed by atoms with Crippen LogP contribution in [0, 0.1) is 5.82 Å². The fourth-order valence-electron chi connectivity index (χ4n) is 2.19. The Morgan fingerprint density at radius 2 is 1.85 bits per heavy atom. The maximum atomic E-state index is 13.8. The summed E-state index contributed by atoms with van der Waals surface area (Å²) in [5, 5.41) is 3.30. The quantitative estimate of drug-likeness (QED) is 0.755. The monoisotopic (exact) mass is 291 g/mol. The van der Waals surface area contributed by atoms with Gasteiger partial charge in [0.15, 0.2) is 5.82 Å². The topological polar surface area (TPSA) is 12.0 Å². The van der Waals surface area contributed by atoms with Gasteiger partial charge in [0.2, 0.25) is 0 Å². The summed E-state index contributed by atoms with van der Waals surface area (Å²) in [5.74, 6) is -0.399. The molecule has 0 aliphatic rings.